The number of likely N-dealkylation sites (tertiary alicyclic amines) is 1. The van der Waals surface area contributed by atoms with E-state index in [9.17, 15) is 14.4 Å². The van der Waals surface area contributed by atoms with Gasteiger partial charge < -0.3 is 15.0 Å². The minimum Gasteiger partial charge on any atom is -0.425 e. The molecule has 0 aromatic heterocycles. The van der Waals surface area contributed by atoms with Gasteiger partial charge in [-0.05, 0) is 31.9 Å². The number of hydrogen-bond donors (Lipinski definition) is 1. The van der Waals surface area contributed by atoms with Crippen molar-refractivity contribution in [3.8, 4) is 5.75 Å². The summed E-state index contributed by atoms with van der Waals surface area (Å²) < 4.78 is 5.15. The molecule has 0 spiro atoms. The van der Waals surface area contributed by atoms with E-state index in [0.29, 0.717) is 31.7 Å². The number of benzene rings is 1. The zero-order chi connectivity index (χ0) is 16.8. The minimum atomic E-state index is -0.497. The zero-order valence-corrected chi connectivity index (χ0v) is 13.5. The summed E-state index contributed by atoms with van der Waals surface area (Å²) >= 11 is 0. The maximum absolute atomic E-state index is 12.1. The maximum Gasteiger partial charge on any atom is 0.330 e. The molecule has 2 rings (SSSR count). The Hall–Kier alpha value is -2.37. The van der Waals surface area contributed by atoms with Crippen LogP contribution in [0.15, 0.2) is 24.3 Å². The minimum absolute atomic E-state index is 0.0329. The molecule has 1 aliphatic heterocycles. The molecular formula is C17H22N2O4. The normalized spacial score (nSPS) is 15.1. The van der Waals surface area contributed by atoms with E-state index in [0.717, 1.165) is 5.56 Å². The van der Waals surface area contributed by atoms with Crippen LogP contribution in [0.25, 0.3) is 0 Å². The highest BCUT2D eigenvalue weighted by Crippen LogP contribution is 2.17. The van der Waals surface area contributed by atoms with Crippen LogP contribution in [-0.2, 0) is 14.4 Å². The van der Waals surface area contributed by atoms with Crippen molar-refractivity contribution >= 4 is 17.8 Å². The van der Waals surface area contributed by atoms with Gasteiger partial charge >= 0.3 is 5.97 Å². The van der Waals surface area contributed by atoms with Crippen molar-refractivity contribution in [2.75, 3.05) is 19.6 Å². The third kappa shape index (κ3) is 5.09. The van der Waals surface area contributed by atoms with Crippen LogP contribution in [-0.4, -0.2) is 42.3 Å². The fourth-order valence-electron chi connectivity index (χ4n) is 2.53. The molecule has 0 bridgehead atoms. The molecule has 0 unspecified atom stereocenters. The summed E-state index contributed by atoms with van der Waals surface area (Å²) in [7, 11) is 0. The Morgan fingerprint density at radius 1 is 1.17 bits per heavy atom. The van der Waals surface area contributed by atoms with Crippen molar-refractivity contribution in [3.63, 3.8) is 0 Å². The molecule has 6 heteroatoms. The van der Waals surface area contributed by atoms with E-state index in [1.807, 2.05) is 19.1 Å². The van der Waals surface area contributed by atoms with Gasteiger partial charge in [-0.2, -0.15) is 0 Å². The van der Waals surface area contributed by atoms with Crippen LogP contribution in [0.4, 0.5) is 0 Å². The molecule has 1 heterocycles. The van der Waals surface area contributed by atoms with Gasteiger partial charge in [-0.15, -0.1) is 0 Å². The molecule has 1 aromatic rings. The number of ether oxygens (including phenoxy) is 1. The van der Waals surface area contributed by atoms with Gasteiger partial charge in [-0.1, -0.05) is 17.7 Å². The van der Waals surface area contributed by atoms with Gasteiger partial charge in [-0.25, -0.2) is 4.79 Å². The van der Waals surface area contributed by atoms with E-state index < -0.39 is 5.97 Å². The summed E-state index contributed by atoms with van der Waals surface area (Å²) in [6, 6.07) is 7.13. The van der Waals surface area contributed by atoms with Crippen LogP contribution in [0.1, 0.15) is 25.3 Å². The smallest absolute Gasteiger partial charge is 0.330 e. The Bertz CT molecular complexity index is 575. The number of piperidine rings is 1. The number of rotatable bonds is 4. The van der Waals surface area contributed by atoms with Crippen LogP contribution in [0.5, 0.6) is 5.75 Å². The van der Waals surface area contributed by atoms with E-state index in [4.69, 9.17) is 4.74 Å². The van der Waals surface area contributed by atoms with Crippen molar-refractivity contribution < 1.29 is 19.1 Å². The molecule has 2 amide bonds. The van der Waals surface area contributed by atoms with Gasteiger partial charge in [0.05, 0.1) is 0 Å². The molecule has 1 fully saturated rings. The van der Waals surface area contributed by atoms with Crippen LogP contribution in [0.2, 0.25) is 0 Å². The SMILES string of the molecule is CC(=O)N1CCC(C(=O)NCC(=O)Oc2ccc(C)cc2)CC1. The van der Waals surface area contributed by atoms with Gasteiger partial charge in [0.1, 0.15) is 12.3 Å². The number of carbonyl (C=O) groups excluding carboxylic acids is 3. The third-order valence-electron chi connectivity index (χ3n) is 3.97. The number of aryl methyl sites for hydroxylation is 1. The molecule has 1 aromatic carbocycles. The summed E-state index contributed by atoms with van der Waals surface area (Å²) in [5.74, 6) is -0.314. The van der Waals surface area contributed by atoms with Crippen LogP contribution in [0.3, 0.4) is 0 Å². The van der Waals surface area contributed by atoms with E-state index >= 15 is 0 Å². The van der Waals surface area contributed by atoms with E-state index in [1.54, 1.807) is 17.0 Å². The van der Waals surface area contributed by atoms with Crippen LogP contribution in [0, 0.1) is 12.8 Å². The second-order valence-corrected chi connectivity index (χ2v) is 5.79. The lowest BCUT2D eigenvalue weighted by Crippen LogP contribution is -2.43. The summed E-state index contributed by atoms with van der Waals surface area (Å²) in [4.78, 5) is 36.8. The first-order valence-corrected chi connectivity index (χ1v) is 7.76. The number of amides is 2. The van der Waals surface area contributed by atoms with Gasteiger partial charge in [-0.3, -0.25) is 9.59 Å². The first-order valence-electron chi connectivity index (χ1n) is 7.76. The van der Waals surface area contributed by atoms with Crippen molar-refractivity contribution in [1.82, 2.24) is 10.2 Å². The quantitative estimate of drug-likeness (QED) is 0.670. The van der Waals surface area contributed by atoms with Crippen molar-refractivity contribution in [2.24, 2.45) is 5.92 Å². The zero-order valence-electron chi connectivity index (χ0n) is 13.5. The number of nitrogens with zero attached hydrogens (tertiary/aromatic N) is 1. The molecular weight excluding hydrogens is 296 g/mol. The molecule has 1 N–H and O–H groups in total. The lowest BCUT2D eigenvalue weighted by molar-refractivity contribution is -0.137. The van der Waals surface area contributed by atoms with Crippen LogP contribution >= 0.6 is 0 Å². The van der Waals surface area contributed by atoms with E-state index in [-0.39, 0.29) is 24.3 Å². The Morgan fingerprint density at radius 3 is 2.35 bits per heavy atom. The fourth-order valence-corrected chi connectivity index (χ4v) is 2.53. The van der Waals surface area contributed by atoms with E-state index in [2.05, 4.69) is 5.32 Å². The lowest BCUT2D eigenvalue weighted by Gasteiger charge is -2.30. The lowest BCUT2D eigenvalue weighted by atomic mass is 9.96. The second-order valence-electron chi connectivity index (χ2n) is 5.79. The Balaban J connectivity index is 1.73. The summed E-state index contributed by atoms with van der Waals surface area (Å²) in [5.41, 5.74) is 1.08. The third-order valence-corrected chi connectivity index (χ3v) is 3.97. The molecule has 0 saturated carbocycles. The molecule has 124 valence electrons. The molecule has 1 saturated heterocycles. The predicted octanol–water partition coefficient (Wildman–Crippen LogP) is 1.28. The largest absolute Gasteiger partial charge is 0.425 e. The topological polar surface area (TPSA) is 75.7 Å². The van der Waals surface area contributed by atoms with Crippen molar-refractivity contribution in [2.45, 2.75) is 26.7 Å². The predicted molar refractivity (Wildman–Crippen MR) is 84.8 cm³/mol. The molecule has 6 nitrogen and oxygen atoms in total. The fraction of sp³-hybridized carbons (Fsp3) is 0.471. The maximum atomic E-state index is 12.1. The molecule has 0 aliphatic carbocycles. The number of hydrogen-bond acceptors (Lipinski definition) is 4. The van der Waals surface area contributed by atoms with Gasteiger partial charge in [0.2, 0.25) is 11.8 Å². The molecule has 0 radical (unpaired) electrons. The summed E-state index contributed by atoms with van der Waals surface area (Å²) in [6.45, 7) is 4.49. The molecule has 1 aliphatic rings. The number of esters is 1. The Morgan fingerprint density at radius 2 is 1.78 bits per heavy atom. The van der Waals surface area contributed by atoms with Gasteiger partial charge in [0.25, 0.3) is 0 Å². The summed E-state index contributed by atoms with van der Waals surface area (Å²) in [5, 5.41) is 2.61. The van der Waals surface area contributed by atoms with Crippen LogP contribution < -0.4 is 10.1 Å². The summed E-state index contributed by atoms with van der Waals surface area (Å²) in [6.07, 6.45) is 1.25. The first kappa shape index (κ1) is 17.0. The monoisotopic (exact) mass is 318 g/mol. The highest BCUT2D eigenvalue weighted by atomic mass is 16.5. The van der Waals surface area contributed by atoms with Gasteiger partial charge in [0.15, 0.2) is 0 Å². The standard InChI is InChI=1S/C17H22N2O4/c1-12-3-5-15(6-4-12)23-16(21)11-18-17(22)14-7-9-19(10-8-14)13(2)20/h3-6,14H,7-11H2,1-2H3,(H,18,22). The second kappa shape index (κ2) is 7.76. The molecule has 23 heavy (non-hydrogen) atoms. The van der Waals surface area contributed by atoms with Crippen molar-refractivity contribution in [1.29, 1.82) is 0 Å². The Labute approximate surface area is 135 Å². The molecule has 0 atom stereocenters. The van der Waals surface area contributed by atoms with E-state index in [1.165, 1.54) is 6.92 Å². The number of nitrogens with one attached hydrogen (secondary N) is 1. The van der Waals surface area contributed by atoms with Crippen molar-refractivity contribution in [3.05, 3.63) is 29.8 Å². The number of carbonyl (C=O) groups is 3. The average Bonchev–Trinajstić information content (AvgIpc) is 2.55. The van der Waals surface area contributed by atoms with Gasteiger partial charge in [0, 0.05) is 25.9 Å². The highest BCUT2D eigenvalue weighted by Gasteiger charge is 2.26. The highest BCUT2D eigenvalue weighted by molar-refractivity contribution is 5.84. The average molecular weight is 318 g/mol. The first-order chi connectivity index (χ1) is 11.0. The Kier molecular flexibility index (Phi) is 5.73.